The summed E-state index contributed by atoms with van der Waals surface area (Å²) in [5.74, 6) is 0.0911. The average Bonchev–Trinajstić information content (AvgIpc) is 2.27. The van der Waals surface area contributed by atoms with Crippen molar-refractivity contribution in [1.82, 2.24) is 9.03 Å². The molecular formula is C8H15ClN2OS. The van der Waals surface area contributed by atoms with Crippen molar-refractivity contribution in [3.8, 4) is 0 Å². The highest BCUT2D eigenvalue weighted by molar-refractivity contribution is 7.96. The molecule has 1 atom stereocenters. The van der Waals surface area contributed by atoms with Crippen LogP contribution >= 0.6 is 23.7 Å². The van der Waals surface area contributed by atoms with Gasteiger partial charge >= 0.3 is 0 Å². The van der Waals surface area contributed by atoms with Gasteiger partial charge in [-0.3, -0.25) is 9.52 Å². The van der Waals surface area contributed by atoms with Crippen molar-refractivity contribution >= 4 is 29.6 Å². The maximum Gasteiger partial charge on any atom is 0.249 e. The van der Waals surface area contributed by atoms with Crippen LogP contribution in [0.4, 0.5) is 0 Å². The lowest BCUT2D eigenvalue weighted by molar-refractivity contribution is -0.121. The fourth-order valence-corrected chi connectivity index (χ4v) is 2.01. The van der Waals surface area contributed by atoms with Gasteiger partial charge in [0.05, 0.1) is 0 Å². The number of halogens is 1. The number of likely N-dealkylation sites (N-methyl/N-ethyl adjacent to an activating group) is 1. The van der Waals surface area contributed by atoms with Crippen LogP contribution in [-0.2, 0) is 4.79 Å². The summed E-state index contributed by atoms with van der Waals surface area (Å²) in [4.78, 5) is 11.1. The number of hydrogen-bond acceptors (Lipinski definition) is 3. The predicted octanol–water partition coefficient (Wildman–Crippen LogP) is 1.78. The van der Waals surface area contributed by atoms with E-state index in [0.717, 1.165) is 12.8 Å². The zero-order chi connectivity index (χ0) is 10.1. The van der Waals surface area contributed by atoms with Crippen LogP contribution in [0.5, 0.6) is 0 Å². The van der Waals surface area contributed by atoms with Crippen molar-refractivity contribution in [2.45, 2.75) is 37.6 Å². The van der Waals surface area contributed by atoms with Crippen LogP contribution in [0.15, 0.2) is 0 Å². The molecule has 1 aliphatic rings. The van der Waals surface area contributed by atoms with Gasteiger partial charge in [-0.2, -0.15) is 0 Å². The second-order valence-electron chi connectivity index (χ2n) is 3.88. The molecule has 1 fully saturated rings. The summed E-state index contributed by atoms with van der Waals surface area (Å²) >= 11 is 7.40. The highest BCUT2D eigenvalue weighted by Gasteiger charge is 2.31. The summed E-state index contributed by atoms with van der Waals surface area (Å²) < 4.78 is 4.65. The smallest absolute Gasteiger partial charge is 0.249 e. The van der Waals surface area contributed by atoms with Crippen LogP contribution in [0, 0.1) is 0 Å². The van der Waals surface area contributed by atoms with Crippen LogP contribution < -0.4 is 4.72 Å². The normalized spacial score (nSPS) is 24.9. The molecule has 5 heteroatoms. The largest absolute Gasteiger partial charge is 0.285 e. The molecule has 3 nitrogen and oxygen atoms in total. The van der Waals surface area contributed by atoms with Crippen LogP contribution in [0.3, 0.4) is 0 Å². The Morgan fingerprint density at radius 3 is 2.69 bits per heavy atom. The molecule has 76 valence electrons. The highest BCUT2D eigenvalue weighted by Crippen LogP contribution is 2.26. The van der Waals surface area contributed by atoms with E-state index in [1.165, 1.54) is 12.1 Å². The molecule has 1 saturated heterocycles. The van der Waals surface area contributed by atoms with Crippen LogP contribution in [0.2, 0.25) is 0 Å². The Morgan fingerprint density at radius 2 is 2.31 bits per heavy atom. The molecule has 0 aromatic carbocycles. The van der Waals surface area contributed by atoms with Gasteiger partial charge in [0.1, 0.15) is 6.04 Å². The van der Waals surface area contributed by atoms with Gasteiger partial charge in [-0.15, -0.1) is 11.6 Å². The van der Waals surface area contributed by atoms with E-state index in [1.807, 2.05) is 25.2 Å². The maximum atomic E-state index is 11.3. The molecule has 0 aromatic heterocycles. The van der Waals surface area contributed by atoms with E-state index in [-0.39, 0.29) is 16.8 Å². The van der Waals surface area contributed by atoms with E-state index in [0.29, 0.717) is 0 Å². The van der Waals surface area contributed by atoms with Gasteiger partial charge < -0.3 is 0 Å². The van der Waals surface area contributed by atoms with Gasteiger partial charge in [-0.05, 0) is 26.7 Å². The van der Waals surface area contributed by atoms with Gasteiger partial charge in [0, 0.05) is 24.1 Å². The number of nitrogens with one attached hydrogen (secondary N) is 1. The van der Waals surface area contributed by atoms with Gasteiger partial charge in [0.2, 0.25) is 5.91 Å². The first-order chi connectivity index (χ1) is 5.90. The van der Waals surface area contributed by atoms with Crippen molar-refractivity contribution < 1.29 is 4.79 Å². The number of rotatable bonds is 3. The van der Waals surface area contributed by atoms with E-state index >= 15 is 0 Å². The van der Waals surface area contributed by atoms with E-state index in [4.69, 9.17) is 11.6 Å². The lowest BCUT2D eigenvalue weighted by atomic mass is 10.0. The molecule has 1 aliphatic heterocycles. The standard InChI is InChI=1S/C8H15ClN2OS/c1-8(2,9)5-4-6-7(12)10-13-11(6)3/h6H,4-5H2,1-3H3,(H,10,12). The van der Waals surface area contributed by atoms with Crippen molar-refractivity contribution in [2.75, 3.05) is 7.05 Å². The zero-order valence-electron chi connectivity index (χ0n) is 8.13. The van der Waals surface area contributed by atoms with E-state index in [1.54, 1.807) is 0 Å². The minimum absolute atomic E-state index is 0.0250. The molecule has 0 aromatic rings. The van der Waals surface area contributed by atoms with E-state index in [9.17, 15) is 4.79 Å². The number of alkyl halides is 1. The quantitative estimate of drug-likeness (QED) is 0.584. The number of nitrogens with zero attached hydrogens (tertiary/aromatic N) is 1. The molecule has 1 amide bonds. The number of amides is 1. The van der Waals surface area contributed by atoms with Crippen LogP contribution in [0.25, 0.3) is 0 Å². The third-order valence-electron chi connectivity index (χ3n) is 2.04. The fraction of sp³-hybridized carbons (Fsp3) is 0.875. The van der Waals surface area contributed by atoms with Gasteiger partial charge in [0.15, 0.2) is 0 Å². The molecule has 0 spiro atoms. The third kappa shape index (κ3) is 3.37. The molecule has 13 heavy (non-hydrogen) atoms. The second kappa shape index (κ2) is 4.07. The number of carbonyl (C=O) groups is 1. The Balaban J connectivity index is 2.40. The van der Waals surface area contributed by atoms with Gasteiger partial charge in [0.25, 0.3) is 0 Å². The summed E-state index contributed by atoms with van der Waals surface area (Å²) in [5, 5.41) is 0. The summed E-state index contributed by atoms with van der Waals surface area (Å²) in [6, 6.07) is -0.0250. The predicted molar refractivity (Wildman–Crippen MR) is 56.5 cm³/mol. The average molecular weight is 223 g/mol. The molecule has 1 rings (SSSR count). The molecule has 0 saturated carbocycles. The molecule has 0 bridgehead atoms. The summed E-state index contributed by atoms with van der Waals surface area (Å²) in [7, 11) is 1.91. The van der Waals surface area contributed by atoms with Crippen molar-refractivity contribution in [1.29, 1.82) is 0 Å². The minimum atomic E-state index is -0.214. The molecule has 0 radical (unpaired) electrons. The molecule has 1 unspecified atom stereocenters. The highest BCUT2D eigenvalue weighted by atomic mass is 35.5. The van der Waals surface area contributed by atoms with Crippen molar-refractivity contribution in [3.05, 3.63) is 0 Å². The van der Waals surface area contributed by atoms with Crippen molar-refractivity contribution in [2.24, 2.45) is 0 Å². The zero-order valence-corrected chi connectivity index (χ0v) is 9.71. The SMILES string of the molecule is CN1SNC(=O)C1CCC(C)(C)Cl. The molecule has 1 N–H and O–H groups in total. The summed E-state index contributed by atoms with van der Waals surface area (Å²) in [6.45, 7) is 3.93. The van der Waals surface area contributed by atoms with E-state index < -0.39 is 0 Å². The Bertz CT molecular complexity index is 205. The van der Waals surface area contributed by atoms with Crippen LogP contribution in [-0.4, -0.2) is 28.2 Å². The van der Waals surface area contributed by atoms with Gasteiger partial charge in [-0.1, -0.05) is 0 Å². The topological polar surface area (TPSA) is 32.3 Å². The Hall–Kier alpha value is 0.0700. The first kappa shape index (κ1) is 11.1. The fourth-order valence-electron chi connectivity index (χ4n) is 1.21. The summed E-state index contributed by atoms with van der Waals surface area (Å²) in [6.07, 6.45) is 1.66. The second-order valence-corrected chi connectivity index (χ2v) is 5.86. The molecule has 1 heterocycles. The van der Waals surface area contributed by atoms with Crippen molar-refractivity contribution in [3.63, 3.8) is 0 Å². The first-order valence-corrected chi connectivity index (χ1v) is 5.44. The first-order valence-electron chi connectivity index (χ1n) is 4.29. The Morgan fingerprint density at radius 1 is 1.69 bits per heavy atom. The minimum Gasteiger partial charge on any atom is -0.285 e. The summed E-state index contributed by atoms with van der Waals surface area (Å²) in [5.41, 5.74) is 0. The van der Waals surface area contributed by atoms with E-state index in [2.05, 4.69) is 4.72 Å². The maximum absolute atomic E-state index is 11.3. The third-order valence-corrected chi connectivity index (χ3v) is 3.07. The number of carbonyl (C=O) groups excluding carboxylic acids is 1. The Labute approximate surface area is 88.5 Å². The molecule has 0 aliphatic carbocycles. The lowest BCUT2D eigenvalue weighted by Gasteiger charge is -2.19. The monoisotopic (exact) mass is 222 g/mol. The van der Waals surface area contributed by atoms with Crippen LogP contribution in [0.1, 0.15) is 26.7 Å². The number of hydrogen-bond donors (Lipinski definition) is 1. The van der Waals surface area contributed by atoms with Gasteiger partial charge in [-0.25, -0.2) is 4.31 Å². The lowest BCUT2D eigenvalue weighted by Crippen LogP contribution is -2.31. The Kier molecular flexibility index (Phi) is 3.49. The molecular weight excluding hydrogens is 208 g/mol.